The Balaban J connectivity index is 2.68. The summed E-state index contributed by atoms with van der Waals surface area (Å²) in [5, 5.41) is 2.76. The SMILES string of the molecule is CCC(=O)Nc1cccc(NOC)c1. The Morgan fingerprint density at radius 3 is 2.79 bits per heavy atom. The molecule has 0 fully saturated rings. The first-order chi connectivity index (χ1) is 6.76. The molecule has 2 N–H and O–H groups in total. The summed E-state index contributed by atoms with van der Waals surface area (Å²) in [5.74, 6) is -0.000401. The fraction of sp³-hybridized carbons (Fsp3) is 0.300. The van der Waals surface area contributed by atoms with Gasteiger partial charge in [0.25, 0.3) is 0 Å². The molecular weight excluding hydrogens is 180 g/mol. The monoisotopic (exact) mass is 194 g/mol. The molecule has 0 saturated carbocycles. The third-order valence-electron chi connectivity index (χ3n) is 1.69. The predicted molar refractivity (Wildman–Crippen MR) is 56.0 cm³/mol. The molecular formula is C10H14N2O2. The molecule has 0 aliphatic heterocycles. The lowest BCUT2D eigenvalue weighted by atomic mass is 10.3. The zero-order valence-electron chi connectivity index (χ0n) is 8.33. The molecule has 1 aromatic rings. The van der Waals surface area contributed by atoms with E-state index in [9.17, 15) is 4.79 Å². The molecule has 0 heterocycles. The Morgan fingerprint density at radius 1 is 1.43 bits per heavy atom. The van der Waals surface area contributed by atoms with E-state index in [1.165, 1.54) is 7.11 Å². The maximum absolute atomic E-state index is 11.1. The van der Waals surface area contributed by atoms with E-state index in [0.717, 1.165) is 11.4 Å². The van der Waals surface area contributed by atoms with Crippen molar-refractivity contribution in [1.82, 2.24) is 0 Å². The summed E-state index contributed by atoms with van der Waals surface area (Å²) in [4.78, 5) is 15.8. The van der Waals surface area contributed by atoms with Crippen LogP contribution in [0.4, 0.5) is 11.4 Å². The summed E-state index contributed by atoms with van der Waals surface area (Å²) in [7, 11) is 1.54. The molecule has 0 aliphatic carbocycles. The van der Waals surface area contributed by atoms with Crippen LogP contribution in [0.2, 0.25) is 0 Å². The maximum Gasteiger partial charge on any atom is 0.224 e. The summed E-state index contributed by atoms with van der Waals surface area (Å²) in [6.45, 7) is 1.81. The second-order valence-corrected chi connectivity index (χ2v) is 2.79. The third kappa shape index (κ3) is 3.06. The van der Waals surface area contributed by atoms with Crippen molar-refractivity contribution < 1.29 is 9.63 Å². The van der Waals surface area contributed by atoms with E-state index in [-0.39, 0.29) is 5.91 Å². The number of carbonyl (C=O) groups excluding carboxylic acids is 1. The van der Waals surface area contributed by atoms with Gasteiger partial charge in [-0.1, -0.05) is 13.0 Å². The number of benzene rings is 1. The highest BCUT2D eigenvalue weighted by Crippen LogP contribution is 2.14. The van der Waals surface area contributed by atoms with Crippen LogP contribution in [-0.2, 0) is 9.63 Å². The molecule has 0 atom stereocenters. The van der Waals surface area contributed by atoms with E-state index in [4.69, 9.17) is 4.84 Å². The van der Waals surface area contributed by atoms with E-state index < -0.39 is 0 Å². The van der Waals surface area contributed by atoms with Gasteiger partial charge in [-0.25, -0.2) is 0 Å². The highest BCUT2D eigenvalue weighted by molar-refractivity contribution is 5.90. The predicted octanol–water partition coefficient (Wildman–Crippen LogP) is 2.01. The van der Waals surface area contributed by atoms with Crippen molar-refractivity contribution in [2.45, 2.75) is 13.3 Å². The van der Waals surface area contributed by atoms with Gasteiger partial charge in [0, 0.05) is 12.1 Å². The van der Waals surface area contributed by atoms with Gasteiger partial charge in [-0.3, -0.25) is 15.1 Å². The first kappa shape index (κ1) is 10.5. The number of hydrogen-bond donors (Lipinski definition) is 2. The zero-order chi connectivity index (χ0) is 10.4. The van der Waals surface area contributed by atoms with Crippen molar-refractivity contribution in [1.29, 1.82) is 0 Å². The van der Waals surface area contributed by atoms with Crippen LogP contribution in [0.3, 0.4) is 0 Å². The molecule has 14 heavy (non-hydrogen) atoms. The minimum absolute atomic E-state index is 0.000401. The molecule has 76 valence electrons. The molecule has 0 radical (unpaired) electrons. The van der Waals surface area contributed by atoms with Gasteiger partial charge < -0.3 is 5.32 Å². The fourth-order valence-electron chi connectivity index (χ4n) is 1.03. The van der Waals surface area contributed by atoms with Crippen molar-refractivity contribution in [3.8, 4) is 0 Å². The Hall–Kier alpha value is -1.55. The largest absolute Gasteiger partial charge is 0.326 e. The molecule has 0 saturated heterocycles. The van der Waals surface area contributed by atoms with Crippen LogP contribution >= 0.6 is 0 Å². The number of anilines is 2. The second kappa shape index (κ2) is 5.24. The molecule has 0 aliphatic rings. The quantitative estimate of drug-likeness (QED) is 0.721. The maximum atomic E-state index is 11.1. The minimum atomic E-state index is -0.000401. The normalized spacial score (nSPS) is 9.57. The van der Waals surface area contributed by atoms with E-state index in [0.29, 0.717) is 6.42 Å². The summed E-state index contributed by atoms with van der Waals surface area (Å²) in [5.41, 5.74) is 4.26. The first-order valence-electron chi connectivity index (χ1n) is 4.45. The van der Waals surface area contributed by atoms with Gasteiger partial charge in [-0.05, 0) is 18.2 Å². The summed E-state index contributed by atoms with van der Waals surface area (Å²) < 4.78 is 0. The first-order valence-corrected chi connectivity index (χ1v) is 4.45. The lowest BCUT2D eigenvalue weighted by Gasteiger charge is -2.06. The summed E-state index contributed by atoms with van der Waals surface area (Å²) >= 11 is 0. The van der Waals surface area contributed by atoms with Gasteiger partial charge in [0.05, 0.1) is 12.8 Å². The van der Waals surface area contributed by atoms with Crippen LogP contribution in [0.1, 0.15) is 13.3 Å². The molecule has 0 spiro atoms. The van der Waals surface area contributed by atoms with Crippen LogP contribution in [-0.4, -0.2) is 13.0 Å². The van der Waals surface area contributed by atoms with Crippen molar-refractivity contribution in [3.05, 3.63) is 24.3 Å². The lowest BCUT2D eigenvalue weighted by Crippen LogP contribution is -2.09. The van der Waals surface area contributed by atoms with Gasteiger partial charge in [0.1, 0.15) is 0 Å². The fourth-order valence-corrected chi connectivity index (χ4v) is 1.03. The topological polar surface area (TPSA) is 50.4 Å². The van der Waals surface area contributed by atoms with Crippen LogP contribution in [0.15, 0.2) is 24.3 Å². The molecule has 0 unspecified atom stereocenters. The average Bonchev–Trinajstić information content (AvgIpc) is 2.19. The Kier molecular flexibility index (Phi) is 3.94. The van der Waals surface area contributed by atoms with Gasteiger partial charge in [0.2, 0.25) is 5.91 Å². The van der Waals surface area contributed by atoms with E-state index in [1.54, 1.807) is 6.07 Å². The zero-order valence-corrected chi connectivity index (χ0v) is 8.33. The standard InChI is InChI=1S/C10H14N2O2/c1-3-10(13)11-8-5-4-6-9(7-8)12-14-2/h4-7,12H,3H2,1-2H3,(H,11,13). The number of carbonyl (C=O) groups is 1. The van der Waals surface area contributed by atoms with Crippen molar-refractivity contribution in [2.24, 2.45) is 0 Å². The molecule has 1 rings (SSSR count). The smallest absolute Gasteiger partial charge is 0.224 e. The van der Waals surface area contributed by atoms with E-state index in [2.05, 4.69) is 10.8 Å². The average molecular weight is 194 g/mol. The van der Waals surface area contributed by atoms with Gasteiger partial charge in [-0.15, -0.1) is 0 Å². The van der Waals surface area contributed by atoms with Gasteiger partial charge >= 0.3 is 0 Å². The Bertz CT molecular complexity index is 313. The Morgan fingerprint density at radius 2 is 2.14 bits per heavy atom. The number of amides is 1. The van der Waals surface area contributed by atoms with Crippen LogP contribution in [0.25, 0.3) is 0 Å². The number of rotatable bonds is 4. The lowest BCUT2D eigenvalue weighted by molar-refractivity contribution is -0.115. The molecule has 4 heteroatoms. The molecule has 0 bridgehead atoms. The molecule has 1 amide bonds. The summed E-state index contributed by atoms with van der Waals surface area (Å²) in [6, 6.07) is 7.32. The Labute approximate surface area is 83.2 Å². The molecule has 1 aromatic carbocycles. The third-order valence-corrected chi connectivity index (χ3v) is 1.69. The van der Waals surface area contributed by atoms with Crippen LogP contribution in [0, 0.1) is 0 Å². The van der Waals surface area contributed by atoms with E-state index in [1.807, 2.05) is 25.1 Å². The highest BCUT2D eigenvalue weighted by Gasteiger charge is 1.99. The minimum Gasteiger partial charge on any atom is -0.326 e. The highest BCUT2D eigenvalue weighted by atomic mass is 16.6. The molecule has 0 aromatic heterocycles. The van der Waals surface area contributed by atoms with Crippen LogP contribution < -0.4 is 10.8 Å². The molecule has 4 nitrogen and oxygen atoms in total. The van der Waals surface area contributed by atoms with E-state index >= 15 is 0 Å². The van der Waals surface area contributed by atoms with Gasteiger partial charge in [0.15, 0.2) is 0 Å². The summed E-state index contributed by atoms with van der Waals surface area (Å²) in [6.07, 6.45) is 0.474. The number of nitrogens with one attached hydrogen (secondary N) is 2. The van der Waals surface area contributed by atoms with Crippen LogP contribution in [0.5, 0.6) is 0 Å². The number of hydrogen-bond acceptors (Lipinski definition) is 3. The van der Waals surface area contributed by atoms with Crippen molar-refractivity contribution in [2.75, 3.05) is 17.9 Å². The van der Waals surface area contributed by atoms with Crippen molar-refractivity contribution >= 4 is 17.3 Å². The van der Waals surface area contributed by atoms with Gasteiger partial charge in [-0.2, -0.15) is 0 Å². The second-order valence-electron chi connectivity index (χ2n) is 2.79. The van der Waals surface area contributed by atoms with Crippen molar-refractivity contribution in [3.63, 3.8) is 0 Å².